The van der Waals surface area contributed by atoms with E-state index in [1.807, 2.05) is 32.0 Å². The van der Waals surface area contributed by atoms with Gasteiger partial charge in [-0.05, 0) is 48.7 Å². The van der Waals surface area contributed by atoms with Gasteiger partial charge in [0.2, 0.25) is 0 Å². The first-order valence-electron chi connectivity index (χ1n) is 8.38. The van der Waals surface area contributed by atoms with E-state index < -0.39 is 10.8 Å². The number of thioether (sulfide) groups is 1. The predicted octanol–water partition coefficient (Wildman–Crippen LogP) is 3.84. The largest absolute Gasteiger partial charge is 0.396 e. The number of nitrogens with one attached hydrogen (secondary N) is 1. The smallest absolute Gasteiger partial charge is 0.283 e. The highest BCUT2D eigenvalue weighted by Crippen LogP contribution is 2.30. The number of aliphatic hydroxyl groups is 1. The van der Waals surface area contributed by atoms with Gasteiger partial charge in [-0.15, -0.1) is 11.8 Å². The Hall–Kier alpha value is -3.15. The van der Waals surface area contributed by atoms with E-state index in [0.29, 0.717) is 21.9 Å². The first kappa shape index (κ1) is 21.2. The van der Waals surface area contributed by atoms with Crippen molar-refractivity contribution in [3.63, 3.8) is 0 Å². The quantitative estimate of drug-likeness (QED) is 0.241. The lowest BCUT2D eigenvalue weighted by Gasteiger charge is -2.09. The van der Waals surface area contributed by atoms with Gasteiger partial charge < -0.3 is 10.4 Å². The van der Waals surface area contributed by atoms with Crippen LogP contribution in [0.2, 0.25) is 0 Å². The normalized spacial score (nSPS) is 11.0. The molecule has 28 heavy (non-hydrogen) atoms. The number of nitrogens with zero attached hydrogens (tertiary/aromatic N) is 2. The SMILES string of the molecule is Cc1ccc(C)c(NC(=O)/C(C#N)=C/c2ccc(SCCO)c([N+](=O)[O-])c2)c1. The minimum absolute atomic E-state index is 0.0966. The van der Waals surface area contributed by atoms with E-state index in [1.165, 1.54) is 12.1 Å². The van der Waals surface area contributed by atoms with Crippen LogP contribution < -0.4 is 5.32 Å². The lowest BCUT2D eigenvalue weighted by molar-refractivity contribution is -0.387. The minimum Gasteiger partial charge on any atom is -0.396 e. The van der Waals surface area contributed by atoms with Gasteiger partial charge in [0.25, 0.3) is 11.6 Å². The zero-order chi connectivity index (χ0) is 20.7. The number of nitro benzene ring substituents is 1. The van der Waals surface area contributed by atoms with Crippen LogP contribution >= 0.6 is 11.8 Å². The number of carbonyl (C=O) groups is 1. The topological polar surface area (TPSA) is 116 Å². The van der Waals surface area contributed by atoms with Crippen molar-refractivity contribution in [3.05, 3.63) is 68.8 Å². The van der Waals surface area contributed by atoms with Crippen molar-refractivity contribution >= 4 is 35.1 Å². The standard InChI is InChI=1S/C20H19N3O4S/c1-13-3-4-14(2)17(9-13)22-20(25)16(12-21)10-15-5-6-19(28-8-7-24)18(11-15)23(26)27/h3-6,9-11,24H,7-8H2,1-2H3,(H,22,25)/b16-10+. The third kappa shape index (κ3) is 5.42. The number of hydrogen-bond donors (Lipinski definition) is 2. The Morgan fingerprint density at radius 2 is 2.07 bits per heavy atom. The highest BCUT2D eigenvalue weighted by molar-refractivity contribution is 7.99. The summed E-state index contributed by atoms with van der Waals surface area (Å²) in [6.45, 7) is 3.64. The molecular formula is C20H19N3O4S. The fourth-order valence-corrected chi connectivity index (χ4v) is 3.18. The van der Waals surface area contributed by atoms with Crippen molar-refractivity contribution in [2.24, 2.45) is 0 Å². The summed E-state index contributed by atoms with van der Waals surface area (Å²) < 4.78 is 0. The number of rotatable bonds is 7. The van der Waals surface area contributed by atoms with Crippen LogP contribution in [0.4, 0.5) is 11.4 Å². The maximum Gasteiger partial charge on any atom is 0.283 e. The highest BCUT2D eigenvalue weighted by atomic mass is 32.2. The van der Waals surface area contributed by atoms with E-state index in [4.69, 9.17) is 5.11 Å². The Bertz CT molecular complexity index is 980. The average Bonchev–Trinajstić information content (AvgIpc) is 2.67. The van der Waals surface area contributed by atoms with E-state index >= 15 is 0 Å². The third-order valence-corrected chi connectivity index (χ3v) is 4.89. The van der Waals surface area contributed by atoms with Crippen LogP contribution in [-0.2, 0) is 4.79 Å². The molecule has 0 saturated carbocycles. The van der Waals surface area contributed by atoms with Crippen molar-refractivity contribution in [1.29, 1.82) is 5.26 Å². The molecule has 0 radical (unpaired) electrons. The van der Waals surface area contributed by atoms with Gasteiger partial charge in [0.05, 0.1) is 16.4 Å². The second-order valence-corrected chi connectivity index (χ2v) is 7.14. The Balaban J connectivity index is 2.31. The molecule has 2 aromatic rings. The zero-order valence-electron chi connectivity index (χ0n) is 15.4. The molecule has 2 rings (SSSR count). The number of amides is 1. The fourth-order valence-electron chi connectivity index (χ4n) is 2.42. The highest BCUT2D eigenvalue weighted by Gasteiger charge is 2.16. The van der Waals surface area contributed by atoms with Crippen LogP contribution in [0.3, 0.4) is 0 Å². The van der Waals surface area contributed by atoms with Crippen LogP contribution in [0.15, 0.2) is 46.9 Å². The Morgan fingerprint density at radius 1 is 1.32 bits per heavy atom. The van der Waals surface area contributed by atoms with E-state index in [9.17, 15) is 20.2 Å². The van der Waals surface area contributed by atoms with Crippen LogP contribution in [0.25, 0.3) is 6.08 Å². The van der Waals surface area contributed by atoms with E-state index in [-0.39, 0.29) is 17.9 Å². The van der Waals surface area contributed by atoms with Gasteiger partial charge in [-0.25, -0.2) is 0 Å². The van der Waals surface area contributed by atoms with Gasteiger partial charge >= 0.3 is 0 Å². The van der Waals surface area contributed by atoms with Gasteiger partial charge in [0, 0.05) is 17.5 Å². The molecule has 2 aromatic carbocycles. The molecule has 0 aliphatic heterocycles. The molecule has 0 spiro atoms. The summed E-state index contributed by atoms with van der Waals surface area (Å²) in [5, 5.41) is 32.3. The number of anilines is 1. The molecule has 1 amide bonds. The van der Waals surface area contributed by atoms with E-state index in [0.717, 1.165) is 22.9 Å². The minimum atomic E-state index is -0.586. The predicted molar refractivity (Wildman–Crippen MR) is 109 cm³/mol. The van der Waals surface area contributed by atoms with Crippen molar-refractivity contribution in [1.82, 2.24) is 0 Å². The summed E-state index contributed by atoms with van der Waals surface area (Å²) in [7, 11) is 0. The van der Waals surface area contributed by atoms with Crippen LogP contribution in [-0.4, -0.2) is 28.3 Å². The van der Waals surface area contributed by atoms with Gasteiger partial charge in [-0.2, -0.15) is 5.26 Å². The molecule has 0 aliphatic carbocycles. The first-order valence-corrected chi connectivity index (χ1v) is 9.36. The molecule has 7 nitrogen and oxygen atoms in total. The Morgan fingerprint density at radius 3 is 2.71 bits per heavy atom. The summed E-state index contributed by atoms with van der Waals surface area (Å²) in [6, 6.07) is 11.9. The monoisotopic (exact) mass is 397 g/mol. The van der Waals surface area contributed by atoms with Gasteiger partial charge in [0.1, 0.15) is 11.6 Å². The maximum absolute atomic E-state index is 12.5. The van der Waals surface area contributed by atoms with E-state index in [2.05, 4.69) is 5.32 Å². The summed E-state index contributed by atoms with van der Waals surface area (Å²) in [4.78, 5) is 23.7. The molecule has 0 fully saturated rings. The van der Waals surface area contributed by atoms with Crippen molar-refractivity contribution in [3.8, 4) is 6.07 Å². The first-order chi connectivity index (χ1) is 13.3. The number of nitriles is 1. The molecule has 0 atom stereocenters. The van der Waals surface area contributed by atoms with Crippen molar-refractivity contribution in [2.75, 3.05) is 17.7 Å². The lowest BCUT2D eigenvalue weighted by atomic mass is 10.1. The Kier molecular flexibility index (Phi) is 7.32. The number of nitro groups is 1. The molecule has 8 heteroatoms. The third-order valence-electron chi connectivity index (χ3n) is 3.85. The van der Waals surface area contributed by atoms with Crippen molar-refractivity contribution < 1.29 is 14.8 Å². The summed E-state index contributed by atoms with van der Waals surface area (Å²) >= 11 is 1.16. The number of aryl methyl sites for hydroxylation is 2. The molecule has 0 aromatic heterocycles. The number of benzene rings is 2. The molecule has 144 valence electrons. The number of carbonyl (C=O) groups excluding carboxylic acids is 1. The molecule has 0 bridgehead atoms. The van der Waals surface area contributed by atoms with Gasteiger partial charge in [-0.3, -0.25) is 14.9 Å². The van der Waals surface area contributed by atoms with Crippen molar-refractivity contribution in [2.45, 2.75) is 18.7 Å². The van der Waals surface area contributed by atoms with Crippen LogP contribution in [0.1, 0.15) is 16.7 Å². The van der Waals surface area contributed by atoms with Crippen LogP contribution in [0.5, 0.6) is 0 Å². The summed E-state index contributed by atoms with van der Waals surface area (Å²) in [6.07, 6.45) is 1.31. The van der Waals surface area contributed by atoms with E-state index in [1.54, 1.807) is 18.2 Å². The second-order valence-electron chi connectivity index (χ2n) is 6.00. The van der Waals surface area contributed by atoms with Gasteiger partial charge in [0.15, 0.2) is 0 Å². The molecule has 0 heterocycles. The zero-order valence-corrected chi connectivity index (χ0v) is 16.2. The molecular weight excluding hydrogens is 378 g/mol. The summed E-state index contributed by atoms with van der Waals surface area (Å²) in [5.41, 5.74) is 2.50. The Labute approximate surface area is 166 Å². The fraction of sp³-hybridized carbons (Fsp3) is 0.200. The summed E-state index contributed by atoms with van der Waals surface area (Å²) in [5.74, 6) is -0.254. The molecule has 2 N–H and O–H groups in total. The van der Waals surface area contributed by atoms with Gasteiger partial charge in [-0.1, -0.05) is 18.2 Å². The lowest BCUT2D eigenvalue weighted by Crippen LogP contribution is -2.14. The average molecular weight is 397 g/mol. The molecule has 0 aliphatic rings. The molecule has 0 unspecified atom stereocenters. The second kappa shape index (κ2) is 9.69. The van der Waals surface area contributed by atoms with Crippen LogP contribution in [0, 0.1) is 35.3 Å². The molecule has 0 saturated heterocycles. The number of aliphatic hydroxyl groups excluding tert-OH is 1. The maximum atomic E-state index is 12.5. The number of hydrogen-bond acceptors (Lipinski definition) is 6.